The van der Waals surface area contributed by atoms with Gasteiger partial charge in [0.15, 0.2) is 5.96 Å². The first-order chi connectivity index (χ1) is 13.6. The summed E-state index contributed by atoms with van der Waals surface area (Å²) in [6, 6.07) is 7.52. The van der Waals surface area contributed by atoms with Gasteiger partial charge in [-0.2, -0.15) is 0 Å². The van der Waals surface area contributed by atoms with Crippen LogP contribution in [0.15, 0.2) is 35.5 Å². The van der Waals surface area contributed by atoms with Gasteiger partial charge in [0, 0.05) is 30.2 Å². The average Bonchev–Trinajstić information content (AvgIpc) is 3.36. The van der Waals surface area contributed by atoms with E-state index in [1.807, 2.05) is 25.1 Å². The van der Waals surface area contributed by atoms with E-state index >= 15 is 0 Å². The van der Waals surface area contributed by atoms with E-state index in [1.54, 1.807) is 12.3 Å². The lowest BCUT2D eigenvalue weighted by molar-refractivity contribution is 0.184. The minimum atomic E-state index is -0.631. The van der Waals surface area contributed by atoms with Crippen molar-refractivity contribution in [1.29, 1.82) is 0 Å². The lowest BCUT2D eigenvalue weighted by Crippen LogP contribution is -2.39. The van der Waals surface area contributed by atoms with E-state index in [1.165, 1.54) is 24.2 Å². The molecule has 2 aromatic heterocycles. The topological polar surface area (TPSA) is 78.8 Å². The molecule has 1 unspecified atom stereocenters. The van der Waals surface area contributed by atoms with Crippen LogP contribution >= 0.6 is 46.9 Å². The molecule has 1 fully saturated rings. The largest absolute Gasteiger partial charge is 0.474 e. The summed E-state index contributed by atoms with van der Waals surface area (Å²) in [6.07, 6.45) is 6.10. The molecule has 160 valence electrons. The van der Waals surface area contributed by atoms with Gasteiger partial charge in [0.2, 0.25) is 5.88 Å². The molecule has 0 aliphatic heterocycles. The molecule has 1 aliphatic carbocycles. The van der Waals surface area contributed by atoms with E-state index < -0.39 is 6.10 Å². The third-order valence-corrected chi connectivity index (χ3v) is 5.87. The highest BCUT2D eigenvalue weighted by molar-refractivity contribution is 14.0. The van der Waals surface area contributed by atoms with Gasteiger partial charge in [-0.05, 0) is 56.4 Å². The van der Waals surface area contributed by atoms with Crippen molar-refractivity contribution >= 4 is 52.9 Å². The molecule has 9 heteroatoms. The van der Waals surface area contributed by atoms with Gasteiger partial charge in [-0.15, -0.1) is 35.3 Å². The highest BCUT2D eigenvalue weighted by Crippen LogP contribution is 2.26. The number of ether oxygens (including phenoxy) is 1. The second-order valence-electron chi connectivity index (χ2n) is 6.76. The van der Waals surface area contributed by atoms with Crippen LogP contribution in [0.4, 0.5) is 0 Å². The van der Waals surface area contributed by atoms with Gasteiger partial charge >= 0.3 is 0 Å². The van der Waals surface area contributed by atoms with Crippen molar-refractivity contribution in [2.75, 3.05) is 13.1 Å². The van der Waals surface area contributed by atoms with E-state index in [2.05, 4.69) is 20.6 Å². The van der Waals surface area contributed by atoms with Gasteiger partial charge in [-0.25, -0.2) is 9.98 Å². The first-order valence-electron chi connectivity index (χ1n) is 9.71. The third kappa shape index (κ3) is 7.92. The number of aromatic nitrogens is 1. The zero-order valence-corrected chi connectivity index (χ0v) is 20.3. The van der Waals surface area contributed by atoms with Gasteiger partial charge in [0.05, 0.1) is 10.9 Å². The second kappa shape index (κ2) is 12.6. The first-order valence-corrected chi connectivity index (χ1v) is 10.9. The normalized spacial score (nSPS) is 15.6. The summed E-state index contributed by atoms with van der Waals surface area (Å²) in [7, 11) is 0. The highest BCUT2D eigenvalue weighted by Gasteiger charge is 2.17. The van der Waals surface area contributed by atoms with Crippen molar-refractivity contribution in [2.45, 2.75) is 51.4 Å². The summed E-state index contributed by atoms with van der Waals surface area (Å²) in [6.45, 7) is 3.60. The predicted molar refractivity (Wildman–Crippen MR) is 130 cm³/mol. The van der Waals surface area contributed by atoms with Crippen LogP contribution in [0.1, 0.15) is 49.2 Å². The molecular formula is C20H28ClIN4O2S. The van der Waals surface area contributed by atoms with Crippen LogP contribution in [0.2, 0.25) is 4.34 Å². The number of nitrogens with zero attached hydrogens (tertiary/aromatic N) is 2. The number of aliphatic hydroxyl groups is 1. The van der Waals surface area contributed by atoms with Crippen LogP contribution in [0.25, 0.3) is 0 Å². The van der Waals surface area contributed by atoms with E-state index in [9.17, 15) is 5.11 Å². The van der Waals surface area contributed by atoms with Crippen LogP contribution in [-0.2, 0) is 6.54 Å². The summed E-state index contributed by atoms with van der Waals surface area (Å²) < 4.78 is 6.64. The summed E-state index contributed by atoms with van der Waals surface area (Å²) in [5, 5.41) is 16.7. The summed E-state index contributed by atoms with van der Waals surface area (Å²) in [4.78, 5) is 9.75. The van der Waals surface area contributed by atoms with E-state index in [-0.39, 0.29) is 30.1 Å². The maximum absolute atomic E-state index is 10.3. The Hall–Kier alpha value is -1.10. The number of aliphatic imine (C=N–C) groups is 1. The molecular weight excluding hydrogens is 523 g/mol. The Morgan fingerprint density at radius 1 is 1.34 bits per heavy atom. The average molecular weight is 551 g/mol. The summed E-state index contributed by atoms with van der Waals surface area (Å²) in [5.41, 5.74) is 1.03. The quantitative estimate of drug-likeness (QED) is 0.256. The Morgan fingerprint density at radius 2 is 2.14 bits per heavy atom. The molecule has 1 aliphatic rings. The fourth-order valence-electron chi connectivity index (χ4n) is 3.10. The molecule has 3 rings (SSSR count). The van der Waals surface area contributed by atoms with Crippen molar-refractivity contribution in [2.24, 2.45) is 4.99 Å². The van der Waals surface area contributed by atoms with Gasteiger partial charge in [0.1, 0.15) is 12.2 Å². The third-order valence-electron chi connectivity index (χ3n) is 4.54. The lowest BCUT2D eigenvalue weighted by atomic mass is 10.2. The molecule has 0 radical (unpaired) electrons. The Balaban J connectivity index is 0.00000300. The molecule has 6 nitrogen and oxygen atoms in total. The molecule has 1 atom stereocenters. The number of pyridine rings is 1. The molecule has 29 heavy (non-hydrogen) atoms. The zero-order valence-electron chi connectivity index (χ0n) is 16.4. The van der Waals surface area contributed by atoms with E-state index in [4.69, 9.17) is 16.3 Å². The minimum Gasteiger partial charge on any atom is -0.474 e. The van der Waals surface area contributed by atoms with Crippen molar-refractivity contribution in [3.63, 3.8) is 0 Å². The van der Waals surface area contributed by atoms with Crippen LogP contribution in [-0.4, -0.2) is 35.2 Å². The van der Waals surface area contributed by atoms with Crippen LogP contribution in [0.5, 0.6) is 5.88 Å². The Labute approximate surface area is 198 Å². The van der Waals surface area contributed by atoms with Gasteiger partial charge in [-0.1, -0.05) is 11.6 Å². The monoisotopic (exact) mass is 550 g/mol. The van der Waals surface area contributed by atoms with E-state index in [0.717, 1.165) is 29.8 Å². The van der Waals surface area contributed by atoms with Crippen LogP contribution in [0, 0.1) is 0 Å². The van der Waals surface area contributed by atoms with Gasteiger partial charge in [-0.3, -0.25) is 0 Å². The Morgan fingerprint density at radius 3 is 2.83 bits per heavy atom. The fraction of sp³-hybridized carbons (Fsp3) is 0.500. The van der Waals surface area contributed by atoms with Crippen molar-refractivity contribution in [3.8, 4) is 5.88 Å². The SMILES string of the molecule is CCNC(=NCc1ccnc(OC2CCCC2)c1)NCC(O)c1ccc(Cl)s1.I. The number of nitrogens with one attached hydrogen (secondary N) is 2. The molecule has 0 amide bonds. The van der Waals surface area contributed by atoms with Gasteiger partial charge in [0.25, 0.3) is 0 Å². The van der Waals surface area contributed by atoms with Crippen molar-refractivity contribution < 1.29 is 9.84 Å². The lowest BCUT2D eigenvalue weighted by Gasteiger charge is -2.15. The maximum Gasteiger partial charge on any atom is 0.213 e. The molecule has 0 aromatic carbocycles. The summed E-state index contributed by atoms with van der Waals surface area (Å²) in [5.74, 6) is 1.32. The predicted octanol–water partition coefficient (Wildman–Crippen LogP) is 4.52. The standard InChI is InChI=1S/C20H27ClN4O2S.HI/c1-2-22-20(25-13-16(26)17-7-8-18(21)28-17)24-12-14-9-10-23-19(11-14)27-15-5-3-4-6-15;/h7-11,15-16,26H,2-6,12-13H2,1H3,(H2,22,24,25);1H. The first kappa shape index (κ1) is 24.2. The molecule has 2 heterocycles. The Bertz CT molecular complexity index is 783. The van der Waals surface area contributed by atoms with Crippen molar-refractivity contribution in [1.82, 2.24) is 15.6 Å². The summed E-state index contributed by atoms with van der Waals surface area (Å²) >= 11 is 7.32. The number of thiophene rings is 1. The zero-order chi connectivity index (χ0) is 19.8. The smallest absolute Gasteiger partial charge is 0.213 e. The number of rotatable bonds is 8. The van der Waals surface area contributed by atoms with Crippen LogP contribution < -0.4 is 15.4 Å². The van der Waals surface area contributed by atoms with Crippen molar-refractivity contribution in [3.05, 3.63) is 45.2 Å². The van der Waals surface area contributed by atoms with E-state index in [0.29, 0.717) is 29.3 Å². The second-order valence-corrected chi connectivity index (χ2v) is 8.51. The molecule has 2 aromatic rings. The number of aliphatic hydroxyl groups excluding tert-OH is 1. The molecule has 0 spiro atoms. The molecule has 3 N–H and O–H groups in total. The maximum atomic E-state index is 10.3. The number of hydrogen-bond acceptors (Lipinski definition) is 5. The van der Waals surface area contributed by atoms with Gasteiger partial charge < -0.3 is 20.5 Å². The minimum absolute atomic E-state index is 0. The molecule has 0 saturated heterocycles. The highest BCUT2D eigenvalue weighted by atomic mass is 127. The van der Waals surface area contributed by atoms with Crippen LogP contribution in [0.3, 0.4) is 0 Å². The number of hydrogen-bond donors (Lipinski definition) is 3. The number of halogens is 2. The molecule has 0 bridgehead atoms. The molecule has 1 saturated carbocycles. The Kier molecular flexibility index (Phi) is 10.5. The fourth-order valence-corrected chi connectivity index (χ4v) is 4.15. The number of guanidine groups is 1.